The fraction of sp³-hybridized carbons (Fsp3) is 0.857. The number of carboxylic acid groups (broad SMARTS) is 1. The Morgan fingerprint density at radius 3 is 3.00 bits per heavy atom. The number of methoxy groups -OCH3 is 1. The SMILES string of the molecule is CO[C@@H]1CN(C(=O)O)CC[C@H]1N=[N+]=[N-]. The van der Waals surface area contributed by atoms with Crippen LogP contribution in [0.3, 0.4) is 0 Å². The van der Waals surface area contributed by atoms with Crippen LogP contribution >= 0.6 is 0 Å². The molecule has 0 bridgehead atoms. The van der Waals surface area contributed by atoms with Gasteiger partial charge in [0.25, 0.3) is 0 Å². The van der Waals surface area contributed by atoms with Gasteiger partial charge in [-0.3, -0.25) is 0 Å². The van der Waals surface area contributed by atoms with E-state index in [9.17, 15) is 4.79 Å². The average Bonchev–Trinajstić information content (AvgIpc) is 2.18. The molecular formula is C7H12N4O3. The van der Waals surface area contributed by atoms with E-state index >= 15 is 0 Å². The van der Waals surface area contributed by atoms with Crippen molar-refractivity contribution in [2.45, 2.75) is 18.6 Å². The molecule has 0 saturated carbocycles. The molecule has 2 atom stereocenters. The minimum absolute atomic E-state index is 0.259. The standard InChI is InChI=1S/C7H12N4O3/c1-14-6-4-11(7(12)13)3-2-5(6)9-10-8/h5-6H,2-4H2,1H3,(H,12,13)/t5-,6-/m1/s1. The maximum Gasteiger partial charge on any atom is 0.407 e. The number of likely N-dealkylation sites (tertiary alicyclic amines) is 1. The number of ether oxygens (including phenoxy) is 1. The lowest BCUT2D eigenvalue weighted by Gasteiger charge is -2.33. The fourth-order valence-corrected chi connectivity index (χ4v) is 1.51. The lowest BCUT2D eigenvalue weighted by Crippen LogP contribution is -2.48. The van der Waals surface area contributed by atoms with E-state index in [0.717, 1.165) is 0 Å². The van der Waals surface area contributed by atoms with Gasteiger partial charge in [-0.25, -0.2) is 4.79 Å². The molecule has 14 heavy (non-hydrogen) atoms. The second kappa shape index (κ2) is 4.69. The zero-order valence-electron chi connectivity index (χ0n) is 7.83. The summed E-state index contributed by atoms with van der Waals surface area (Å²) in [6.07, 6.45) is -0.795. The first-order valence-electron chi connectivity index (χ1n) is 4.24. The number of rotatable bonds is 2. The quantitative estimate of drug-likeness (QED) is 0.410. The third-order valence-electron chi connectivity index (χ3n) is 2.30. The Kier molecular flexibility index (Phi) is 3.55. The van der Waals surface area contributed by atoms with E-state index in [1.54, 1.807) is 0 Å². The van der Waals surface area contributed by atoms with E-state index in [0.29, 0.717) is 13.0 Å². The van der Waals surface area contributed by atoms with Gasteiger partial charge in [0.2, 0.25) is 0 Å². The van der Waals surface area contributed by atoms with Crippen molar-refractivity contribution in [3.8, 4) is 0 Å². The summed E-state index contributed by atoms with van der Waals surface area (Å²) in [4.78, 5) is 14.6. The molecule has 0 unspecified atom stereocenters. The predicted octanol–water partition coefficient (Wildman–Crippen LogP) is 1.06. The summed E-state index contributed by atoms with van der Waals surface area (Å²) >= 11 is 0. The third-order valence-corrected chi connectivity index (χ3v) is 2.30. The van der Waals surface area contributed by atoms with Crippen LogP contribution in [0.25, 0.3) is 10.4 Å². The zero-order chi connectivity index (χ0) is 10.6. The van der Waals surface area contributed by atoms with Crippen LogP contribution in [-0.2, 0) is 4.74 Å². The number of carbonyl (C=O) groups is 1. The van der Waals surface area contributed by atoms with Crippen molar-refractivity contribution in [2.75, 3.05) is 20.2 Å². The summed E-state index contributed by atoms with van der Waals surface area (Å²) in [5.74, 6) is 0. The van der Waals surface area contributed by atoms with E-state index in [-0.39, 0.29) is 18.7 Å². The van der Waals surface area contributed by atoms with Crippen molar-refractivity contribution < 1.29 is 14.6 Å². The summed E-state index contributed by atoms with van der Waals surface area (Å²) < 4.78 is 5.07. The number of hydrogen-bond acceptors (Lipinski definition) is 3. The molecule has 1 rings (SSSR count). The Balaban J connectivity index is 2.63. The van der Waals surface area contributed by atoms with Gasteiger partial charge in [0.15, 0.2) is 0 Å². The van der Waals surface area contributed by atoms with Crippen molar-refractivity contribution in [3.05, 3.63) is 10.4 Å². The highest BCUT2D eigenvalue weighted by molar-refractivity contribution is 5.65. The van der Waals surface area contributed by atoms with E-state index in [4.69, 9.17) is 15.4 Å². The number of amides is 1. The van der Waals surface area contributed by atoms with Crippen LogP contribution in [0.15, 0.2) is 5.11 Å². The maximum absolute atomic E-state index is 10.6. The number of piperidine rings is 1. The minimum atomic E-state index is -0.966. The van der Waals surface area contributed by atoms with E-state index in [1.165, 1.54) is 12.0 Å². The van der Waals surface area contributed by atoms with Crippen LogP contribution in [0, 0.1) is 0 Å². The summed E-state index contributed by atoms with van der Waals surface area (Å²) in [5, 5.41) is 12.3. The summed E-state index contributed by atoms with van der Waals surface area (Å²) in [7, 11) is 1.48. The van der Waals surface area contributed by atoms with Gasteiger partial charge in [-0.1, -0.05) is 5.11 Å². The number of nitrogens with zero attached hydrogens (tertiary/aromatic N) is 4. The number of azide groups is 1. The molecule has 0 radical (unpaired) electrons. The van der Waals surface area contributed by atoms with Gasteiger partial charge in [0.05, 0.1) is 18.7 Å². The van der Waals surface area contributed by atoms with Gasteiger partial charge in [0.1, 0.15) is 0 Å². The van der Waals surface area contributed by atoms with Crippen LogP contribution in [0.1, 0.15) is 6.42 Å². The van der Waals surface area contributed by atoms with Gasteiger partial charge in [0, 0.05) is 18.6 Å². The van der Waals surface area contributed by atoms with Crippen LogP contribution in [0.5, 0.6) is 0 Å². The van der Waals surface area contributed by atoms with Gasteiger partial charge >= 0.3 is 6.09 Å². The van der Waals surface area contributed by atoms with Crippen molar-refractivity contribution in [3.63, 3.8) is 0 Å². The third kappa shape index (κ3) is 2.27. The Morgan fingerprint density at radius 2 is 2.50 bits per heavy atom. The Bertz CT molecular complexity index is 264. The van der Waals surface area contributed by atoms with Crippen molar-refractivity contribution >= 4 is 6.09 Å². The molecule has 1 fully saturated rings. The molecule has 0 aliphatic carbocycles. The maximum atomic E-state index is 10.6. The fourth-order valence-electron chi connectivity index (χ4n) is 1.51. The minimum Gasteiger partial charge on any atom is -0.465 e. The molecule has 1 heterocycles. The lowest BCUT2D eigenvalue weighted by atomic mass is 10.0. The molecule has 7 heteroatoms. The zero-order valence-corrected chi connectivity index (χ0v) is 7.83. The monoisotopic (exact) mass is 200 g/mol. The Morgan fingerprint density at radius 1 is 1.79 bits per heavy atom. The average molecular weight is 200 g/mol. The molecule has 1 aliphatic heterocycles. The van der Waals surface area contributed by atoms with Crippen LogP contribution in [0.4, 0.5) is 4.79 Å². The highest BCUT2D eigenvalue weighted by atomic mass is 16.5. The van der Waals surface area contributed by atoms with Crippen LogP contribution < -0.4 is 0 Å². The molecule has 0 aromatic rings. The smallest absolute Gasteiger partial charge is 0.407 e. The number of hydrogen-bond donors (Lipinski definition) is 1. The molecular weight excluding hydrogens is 188 g/mol. The summed E-state index contributed by atoms with van der Waals surface area (Å²) in [5.41, 5.74) is 8.28. The van der Waals surface area contributed by atoms with Crippen LogP contribution in [-0.4, -0.2) is 48.4 Å². The molecule has 7 nitrogen and oxygen atoms in total. The van der Waals surface area contributed by atoms with Gasteiger partial charge in [-0.05, 0) is 12.0 Å². The normalized spacial score (nSPS) is 26.8. The first-order valence-corrected chi connectivity index (χ1v) is 4.24. The molecule has 78 valence electrons. The highest BCUT2D eigenvalue weighted by Crippen LogP contribution is 2.16. The van der Waals surface area contributed by atoms with E-state index < -0.39 is 6.09 Å². The predicted molar refractivity (Wildman–Crippen MR) is 47.9 cm³/mol. The van der Waals surface area contributed by atoms with Crippen LogP contribution in [0.2, 0.25) is 0 Å². The first-order chi connectivity index (χ1) is 6.69. The highest BCUT2D eigenvalue weighted by Gasteiger charge is 2.30. The Hall–Kier alpha value is -1.46. The summed E-state index contributed by atoms with van der Waals surface area (Å²) in [6, 6.07) is -0.263. The second-order valence-electron chi connectivity index (χ2n) is 3.06. The molecule has 0 aromatic carbocycles. The first kappa shape index (κ1) is 10.6. The van der Waals surface area contributed by atoms with Crippen molar-refractivity contribution in [1.82, 2.24) is 4.90 Å². The second-order valence-corrected chi connectivity index (χ2v) is 3.06. The topological polar surface area (TPSA) is 98.5 Å². The van der Waals surface area contributed by atoms with Crippen molar-refractivity contribution in [1.29, 1.82) is 0 Å². The van der Waals surface area contributed by atoms with Gasteiger partial charge in [-0.2, -0.15) is 0 Å². The van der Waals surface area contributed by atoms with Crippen molar-refractivity contribution in [2.24, 2.45) is 5.11 Å². The molecule has 0 aromatic heterocycles. The van der Waals surface area contributed by atoms with Gasteiger partial charge in [-0.15, -0.1) is 0 Å². The van der Waals surface area contributed by atoms with E-state index in [2.05, 4.69) is 10.0 Å². The molecule has 1 aliphatic rings. The Labute approximate surface area is 80.9 Å². The summed E-state index contributed by atoms with van der Waals surface area (Å²) in [6.45, 7) is 0.647. The largest absolute Gasteiger partial charge is 0.465 e. The molecule has 1 amide bonds. The molecule has 1 saturated heterocycles. The van der Waals surface area contributed by atoms with Gasteiger partial charge < -0.3 is 14.7 Å². The lowest BCUT2D eigenvalue weighted by molar-refractivity contribution is 0.0200. The van der Waals surface area contributed by atoms with E-state index in [1.807, 2.05) is 0 Å². The molecule has 0 spiro atoms. The molecule has 1 N–H and O–H groups in total.